The number of nitrogens with zero attached hydrogens (tertiary/aromatic N) is 3. The molecule has 0 saturated carbocycles. The van der Waals surface area contributed by atoms with Crippen molar-refractivity contribution in [1.29, 1.82) is 0 Å². The molecule has 0 saturated heterocycles. The summed E-state index contributed by atoms with van der Waals surface area (Å²) < 4.78 is 19.8. The van der Waals surface area contributed by atoms with E-state index in [0.717, 1.165) is 18.2 Å². The summed E-state index contributed by atoms with van der Waals surface area (Å²) in [5.41, 5.74) is 0.336. The molecule has 0 amide bonds. The Morgan fingerprint density at radius 3 is 2.89 bits per heavy atom. The minimum atomic E-state index is -0.618. The van der Waals surface area contributed by atoms with E-state index in [1.807, 2.05) is 0 Å². The number of hydrogen-bond donors (Lipinski definition) is 0. The van der Waals surface area contributed by atoms with E-state index in [2.05, 4.69) is 5.10 Å². The zero-order chi connectivity index (χ0) is 13.1. The van der Waals surface area contributed by atoms with Gasteiger partial charge in [0.1, 0.15) is 12.4 Å². The maximum absolute atomic E-state index is 13.0. The van der Waals surface area contributed by atoms with Crippen molar-refractivity contribution in [3.8, 4) is 5.75 Å². The standard InChI is InChI=1S/C11H10FN3O3/c1-14-5-4-9(13-14)7-18-11-6-8(12)2-3-10(11)15(16)17/h2-6H,7H2,1H3. The maximum Gasteiger partial charge on any atom is 0.311 e. The van der Waals surface area contributed by atoms with Crippen LogP contribution in [0.3, 0.4) is 0 Å². The largest absolute Gasteiger partial charge is 0.480 e. The molecule has 0 atom stereocenters. The highest BCUT2D eigenvalue weighted by atomic mass is 19.1. The third-order valence-corrected chi connectivity index (χ3v) is 2.26. The van der Waals surface area contributed by atoms with Crippen LogP contribution in [0.4, 0.5) is 10.1 Å². The Morgan fingerprint density at radius 1 is 1.50 bits per heavy atom. The Hall–Kier alpha value is -2.44. The zero-order valence-corrected chi connectivity index (χ0v) is 9.54. The summed E-state index contributed by atoms with van der Waals surface area (Å²) >= 11 is 0. The van der Waals surface area contributed by atoms with Gasteiger partial charge in [0, 0.05) is 25.4 Å². The first kappa shape index (κ1) is 12.0. The number of nitro groups is 1. The van der Waals surface area contributed by atoms with Crippen molar-refractivity contribution in [3.63, 3.8) is 0 Å². The molecule has 0 bridgehead atoms. The van der Waals surface area contributed by atoms with Gasteiger partial charge in [0.25, 0.3) is 0 Å². The Labute approximate surface area is 102 Å². The highest BCUT2D eigenvalue weighted by Gasteiger charge is 2.16. The molecule has 94 valence electrons. The Morgan fingerprint density at radius 2 is 2.28 bits per heavy atom. The van der Waals surface area contributed by atoms with Crippen molar-refractivity contribution in [1.82, 2.24) is 9.78 Å². The second kappa shape index (κ2) is 4.82. The van der Waals surface area contributed by atoms with Gasteiger partial charge in [-0.3, -0.25) is 14.8 Å². The first-order valence-electron chi connectivity index (χ1n) is 5.11. The molecule has 0 aliphatic heterocycles. The number of benzene rings is 1. The molecule has 2 rings (SSSR count). The molecular weight excluding hydrogens is 241 g/mol. The van der Waals surface area contributed by atoms with Gasteiger partial charge in [-0.2, -0.15) is 5.10 Å². The molecule has 18 heavy (non-hydrogen) atoms. The first-order chi connectivity index (χ1) is 8.56. The quantitative estimate of drug-likeness (QED) is 0.616. The molecule has 0 aliphatic carbocycles. The monoisotopic (exact) mass is 251 g/mol. The van der Waals surface area contributed by atoms with E-state index in [0.29, 0.717) is 5.69 Å². The number of rotatable bonds is 4. The number of hydrogen-bond acceptors (Lipinski definition) is 4. The number of ether oxygens (including phenoxy) is 1. The molecule has 0 radical (unpaired) electrons. The maximum atomic E-state index is 13.0. The third kappa shape index (κ3) is 2.62. The van der Waals surface area contributed by atoms with Crippen LogP contribution in [0.15, 0.2) is 30.5 Å². The number of aromatic nitrogens is 2. The van der Waals surface area contributed by atoms with Gasteiger partial charge in [0.15, 0.2) is 5.75 Å². The van der Waals surface area contributed by atoms with E-state index < -0.39 is 10.7 Å². The molecule has 1 heterocycles. The fourth-order valence-corrected chi connectivity index (χ4v) is 1.45. The van der Waals surface area contributed by atoms with Crippen LogP contribution in [-0.2, 0) is 13.7 Å². The summed E-state index contributed by atoms with van der Waals surface area (Å²) in [6, 6.07) is 4.79. The van der Waals surface area contributed by atoms with Crippen LogP contribution in [0, 0.1) is 15.9 Å². The van der Waals surface area contributed by atoms with Crippen LogP contribution in [0.1, 0.15) is 5.69 Å². The molecule has 0 N–H and O–H groups in total. The lowest BCUT2D eigenvalue weighted by molar-refractivity contribution is -0.386. The van der Waals surface area contributed by atoms with Crippen LogP contribution >= 0.6 is 0 Å². The van der Waals surface area contributed by atoms with Gasteiger partial charge in [0.2, 0.25) is 0 Å². The average Bonchev–Trinajstić information content (AvgIpc) is 2.72. The second-order valence-corrected chi connectivity index (χ2v) is 3.64. The van der Waals surface area contributed by atoms with E-state index in [1.54, 1.807) is 24.0 Å². The number of halogens is 1. The third-order valence-electron chi connectivity index (χ3n) is 2.26. The molecule has 0 aliphatic rings. The summed E-state index contributed by atoms with van der Waals surface area (Å²) in [7, 11) is 1.74. The smallest absolute Gasteiger partial charge is 0.311 e. The lowest BCUT2D eigenvalue weighted by Gasteiger charge is -2.04. The minimum Gasteiger partial charge on any atom is -0.480 e. The molecule has 0 spiro atoms. The van der Waals surface area contributed by atoms with Gasteiger partial charge in [0.05, 0.1) is 10.6 Å². The molecular formula is C11H10FN3O3. The van der Waals surface area contributed by atoms with Crippen molar-refractivity contribution in [3.05, 3.63) is 52.1 Å². The van der Waals surface area contributed by atoms with Gasteiger partial charge >= 0.3 is 5.69 Å². The Kier molecular flexibility index (Phi) is 3.22. The Bertz CT molecular complexity index is 583. The summed E-state index contributed by atoms with van der Waals surface area (Å²) in [4.78, 5) is 10.1. The van der Waals surface area contributed by atoms with E-state index >= 15 is 0 Å². The molecule has 6 nitrogen and oxygen atoms in total. The van der Waals surface area contributed by atoms with Crippen molar-refractivity contribution in [2.45, 2.75) is 6.61 Å². The molecule has 2 aromatic rings. The minimum absolute atomic E-state index is 0.0468. The van der Waals surface area contributed by atoms with Gasteiger partial charge < -0.3 is 4.74 Å². The molecule has 7 heteroatoms. The van der Waals surface area contributed by atoms with Gasteiger partial charge in [-0.1, -0.05) is 0 Å². The average molecular weight is 251 g/mol. The number of aryl methyl sites for hydroxylation is 1. The van der Waals surface area contributed by atoms with Crippen LogP contribution < -0.4 is 4.74 Å². The summed E-state index contributed by atoms with van der Waals surface area (Å²) in [6.07, 6.45) is 1.72. The van der Waals surface area contributed by atoms with E-state index in [9.17, 15) is 14.5 Å². The molecule has 0 fully saturated rings. The highest BCUT2D eigenvalue weighted by molar-refractivity contribution is 5.46. The second-order valence-electron chi connectivity index (χ2n) is 3.64. The first-order valence-corrected chi connectivity index (χ1v) is 5.11. The van der Waals surface area contributed by atoms with Crippen LogP contribution in [0.25, 0.3) is 0 Å². The van der Waals surface area contributed by atoms with E-state index in [4.69, 9.17) is 4.74 Å². The normalized spacial score (nSPS) is 10.3. The van der Waals surface area contributed by atoms with Crippen molar-refractivity contribution in [2.75, 3.05) is 0 Å². The zero-order valence-electron chi connectivity index (χ0n) is 9.54. The van der Waals surface area contributed by atoms with Crippen LogP contribution in [0.5, 0.6) is 5.75 Å². The molecule has 0 unspecified atom stereocenters. The van der Waals surface area contributed by atoms with Gasteiger partial charge in [-0.05, 0) is 12.1 Å². The van der Waals surface area contributed by atoms with Crippen LogP contribution in [-0.4, -0.2) is 14.7 Å². The van der Waals surface area contributed by atoms with Crippen LogP contribution in [0.2, 0.25) is 0 Å². The van der Waals surface area contributed by atoms with E-state index in [-0.39, 0.29) is 18.0 Å². The molecule has 1 aromatic carbocycles. The summed E-state index contributed by atoms with van der Waals surface area (Å²) in [6.45, 7) is 0.0468. The summed E-state index contributed by atoms with van der Waals surface area (Å²) in [5.74, 6) is -0.692. The topological polar surface area (TPSA) is 70.2 Å². The lowest BCUT2D eigenvalue weighted by atomic mass is 10.3. The fourth-order valence-electron chi connectivity index (χ4n) is 1.45. The number of nitro benzene ring substituents is 1. The molecule has 1 aromatic heterocycles. The Balaban J connectivity index is 2.17. The fraction of sp³-hybridized carbons (Fsp3) is 0.182. The van der Waals surface area contributed by atoms with Gasteiger partial charge in [-0.15, -0.1) is 0 Å². The predicted molar refractivity (Wildman–Crippen MR) is 60.6 cm³/mol. The highest BCUT2D eigenvalue weighted by Crippen LogP contribution is 2.27. The van der Waals surface area contributed by atoms with Crippen molar-refractivity contribution >= 4 is 5.69 Å². The predicted octanol–water partition coefficient (Wildman–Crippen LogP) is 2.05. The van der Waals surface area contributed by atoms with Crippen molar-refractivity contribution in [2.24, 2.45) is 7.05 Å². The lowest BCUT2D eigenvalue weighted by Crippen LogP contribution is -2.01. The van der Waals surface area contributed by atoms with Crippen molar-refractivity contribution < 1.29 is 14.1 Å². The SMILES string of the molecule is Cn1ccc(COc2cc(F)ccc2[N+](=O)[O-])n1. The summed E-state index contributed by atoms with van der Waals surface area (Å²) in [5, 5.41) is 14.8. The van der Waals surface area contributed by atoms with E-state index in [1.165, 1.54) is 0 Å². The van der Waals surface area contributed by atoms with Gasteiger partial charge in [-0.25, -0.2) is 4.39 Å².